The van der Waals surface area contributed by atoms with Crippen LogP contribution in [0.2, 0.25) is 0 Å². The third-order valence-corrected chi connectivity index (χ3v) is 5.41. The second-order valence-corrected chi connectivity index (χ2v) is 7.32. The first-order chi connectivity index (χ1) is 13.1. The van der Waals surface area contributed by atoms with Crippen LogP contribution >= 0.6 is 0 Å². The molecule has 1 N–H and O–H groups in total. The van der Waals surface area contributed by atoms with Crippen molar-refractivity contribution in [1.82, 2.24) is 9.80 Å². The summed E-state index contributed by atoms with van der Waals surface area (Å²) in [5.41, 5.74) is 2.45. The molecule has 1 saturated heterocycles. The zero-order chi connectivity index (χ0) is 19.2. The third-order valence-electron chi connectivity index (χ3n) is 5.41. The lowest BCUT2D eigenvalue weighted by molar-refractivity contribution is -0.134. The first-order valence-electron chi connectivity index (χ1n) is 9.79. The van der Waals surface area contributed by atoms with Crippen LogP contribution in [0.1, 0.15) is 43.2 Å². The van der Waals surface area contributed by atoms with E-state index < -0.39 is 0 Å². The molecule has 142 valence electrons. The Kier molecular flexibility index (Phi) is 6.28. The number of carbonyl (C=O) groups is 1. The van der Waals surface area contributed by atoms with Gasteiger partial charge in [-0.05, 0) is 17.5 Å². The summed E-state index contributed by atoms with van der Waals surface area (Å²) in [6, 6.07) is 21.0. The van der Waals surface area contributed by atoms with E-state index in [-0.39, 0.29) is 17.9 Å². The van der Waals surface area contributed by atoms with Gasteiger partial charge in [0.2, 0.25) is 5.91 Å². The average molecular weight is 364 g/mol. The van der Waals surface area contributed by atoms with E-state index in [0.717, 1.165) is 19.3 Å². The van der Waals surface area contributed by atoms with Crippen molar-refractivity contribution in [3.05, 3.63) is 71.8 Å². The van der Waals surface area contributed by atoms with Gasteiger partial charge in [-0.2, -0.15) is 0 Å². The summed E-state index contributed by atoms with van der Waals surface area (Å²) in [4.78, 5) is 16.3. The number of unbranched alkanes of at least 4 members (excludes halogenated alkanes) is 1. The van der Waals surface area contributed by atoms with Gasteiger partial charge in [-0.15, -0.1) is 0 Å². The number of nitrogens with one attached hydrogen (secondary N) is 1. The van der Waals surface area contributed by atoms with Crippen molar-refractivity contribution in [3.63, 3.8) is 0 Å². The molecule has 0 aliphatic carbocycles. The van der Waals surface area contributed by atoms with E-state index in [0.29, 0.717) is 18.9 Å². The van der Waals surface area contributed by atoms with E-state index >= 15 is 0 Å². The number of amidine groups is 1. The minimum absolute atomic E-state index is 0.0573. The predicted octanol–water partition coefficient (Wildman–Crippen LogP) is 4.13. The number of hydrogen-bond donors (Lipinski definition) is 1. The number of likely N-dealkylation sites (N-methyl/N-ethyl adjacent to an activating group) is 1. The zero-order valence-electron chi connectivity index (χ0n) is 16.3. The Morgan fingerprint density at radius 1 is 1.07 bits per heavy atom. The Bertz CT molecular complexity index is 720. The zero-order valence-corrected chi connectivity index (χ0v) is 16.3. The van der Waals surface area contributed by atoms with Gasteiger partial charge in [0.1, 0.15) is 0 Å². The molecular formula is C23H29N3O. The Labute approximate surface area is 162 Å². The lowest BCUT2D eigenvalue weighted by Gasteiger charge is -2.45. The molecule has 0 saturated carbocycles. The summed E-state index contributed by atoms with van der Waals surface area (Å²) in [5, 5.41) is 8.65. The van der Waals surface area contributed by atoms with Crippen molar-refractivity contribution < 1.29 is 4.79 Å². The van der Waals surface area contributed by atoms with Crippen LogP contribution in [0.25, 0.3) is 0 Å². The molecule has 4 heteroatoms. The second kappa shape index (κ2) is 8.85. The van der Waals surface area contributed by atoms with Gasteiger partial charge in [0.25, 0.3) is 0 Å². The minimum atomic E-state index is 0.0573. The van der Waals surface area contributed by atoms with Gasteiger partial charge in [0.15, 0.2) is 0 Å². The van der Waals surface area contributed by atoms with Gasteiger partial charge in [-0.3, -0.25) is 10.2 Å². The molecule has 0 unspecified atom stereocenters. The normalized spacial score (nSPS) is 17.4. The summed E-state index contributed by atoms with van der Waals surface area (Å²) in [5.74, 6) is 0.789. The van der Waals surface area contributed by atoms with Crippen molar-refractivity contribution in [2.45, 2.75) is 38.1 Å². The number of amides is 1. The maximum Gasteiger partial charge on any atom is 0.241 e. The summed E-state index contributed by atoms with van der Waals surface area (Å²) >= 11 is 0. The quantitative estimate of drug-likeness (QED) is 0.620. The molecule has 1 aliphatic heterocycles. The number of nitrogens with zero attached hydrogens (tertiary/aromatic N) is 2. The summed E-state index contributed by atoms with van der Waals surface area (Å²) in [7, 11) is 1.87. The van der Waals surface area contributed by atoms with E-state index in [4.69, 9.17) is 5.41 Å². The fourth-order valence-electron chi connectivity index (χ4n) is 3.89. The van der Waals surface area contributed by atoms with Gasteiger partial charge in [0.05, 0.1) is 18.4 Å². The highest BCUT2D eigenvalue weighted by molar-refractivity contribution is 5.87. The van der Waals surface area contributed by atoms with Crippen molar-refractivity contribution in [1.29, 1.82) is 5.41 Å². The highest BCUT2D eigenvalue weighted by Gasteiger charge is 2.37. The van der Waals surface area contributed by atoms with Crippen LogP contribution in [0.4, 0.5) is 0 Å². The Balaban J connectivity index is 2.01. The number of carbonyl (C=O) groups excluding carboxylic acids is 1. The smallest absolute Gasteiger partial charge is 0.241 e. The maximum atomic E-state index is 12.4. The lowest BCUT2D eigenvalue weighted by Crippen LogP contribution is -2.58. The van der Waals surface area contributed by atoms with Crippen molar-refractivity contribution in [2.75, 3.05) is 20.1 Å². The first-order valence-corrected chi connectivity index (χ1v) is 9.79. The Hall–Kier alpha value is -2.62. The molecule has 0 bridgehead atoms. The lowest BCUT2D eigenvalue weighted by atomic mass is 9.83. The molecule has 1 aliphatic rings. The molecule has 3 rings (SSSR count). The van der Waals surface area contributed by atoms with Crippen molar-refractivity contribution >= 4 is 11.7 Å². The molecule has 2 aromatic carbocycles. The van der Waals surface area contributed by atoms with E-state index in [1.54, 1.807) is 0 Å². The molecule has 1 atom stereocenters. The number of benzene rings is 2. The third kappa shape index (κ3) is 4.38. The fraction of sp³-hybridized carbons (Fsp3) is 0.391. The van der Waals surface area contributed by atoms with Gasteiger partial charge < -0.3 is 9.80 Å². The van der Waals surface area contributed by atoms with Gasteiger partial charge in [-0.1, -0.05) is 74.0 Å². The highest BCUT2D eigenvalue weighted by Crippen LogP contribution is 2.33. The second-order valence-electron chi connectivity index (χ2n) is 7.32. The Morgan fingerprint density at radius 3 is 2.15 bits per heavy atom. The maximum absolute atomic E-state index is 12.4. The molecule has 0 spiro atoms. The van der Waals surface area contributed by atoms with Crippen LogP contribution in [-0.4, -0.2) is 47.7 Å². The standard InChI is InChI=1S/C23H29N3O/c1-3-4-15-21(24)26-17-22(27)25(2)16-20(26)23(18-11-7-5-8-12-18)19-13-9-6-10-14-19/h5-14,20,23-24H,3-4,15-17H2,1-2H3/t20-/m1/s1. The van der Waals surface area contributed by atoms with Gasteiger partial charge in [-0.25, -0.2) is 0 Å². The van der Waals surface area contributed by atoms with Crippen LogP contribution in [0.5, 0.6) is 0 Å². The van der Waals surface area contributed by atoms with Crippen molar-refractivity contribution in [2.24, 2.45) is 0 Å². The van der Waals surface area contributed by atoms with E-state index in [1.165, 1.54) is 11.1 Å². The van der Waals surface area contributed by atoms with Crippen molar-refractivity contribution in [3.8, 4) is 0 Å². The van der Waals surface area contributed by atoms with Crippen LogP contribution in [0.3, 0.4) is 0 Å². The minimum Gasteiger partial charge on any atom is -0.346 e. The number of rotatable bonds is 6. The van der Waals surface area contributed by atoms with Crippen LogP contribution < -0.4 is 0 Å². The molecule has 2 aromatic rings. The average Bonchev–Trinajstić information content (AvgIpc) is 2.70. The Morgan fingerprint density at radius 2 is 1.63 bits per heavy atom. The number of hydrogen-bond acceptors (Lipinski definition) is 2. The van der Waals surface area contributed by atoms with Crippen LogP contribution in [-0.2, 0) is 4.79 Å². The van der Waals surface area contributed by atoms with Gasteiger partial charge in [0, 0.05) is 25.9 Å². The summed E-state index contributed by atoms with van der Waals surface area (Å²) < 4.78 is 0. The van der Waals surface area contributed by atoms with E-state index in [2.05, 4.69) is 55.5 Å². The molecule has 1 fully saturated rings. The van der Waals surface area contributed by atoms with Crippen LogP contribution in [0, 0.1) is 5.41 Å². The largest absolute Gasteiger partial charge is 0.346 e. The molecule has 27 heavy (non-hydrogen) atoms. The summed E-state index contributed by atoms with van der Waals surface area (Å²) in [6.07, 6.45) is 2.75. The fourth-order valence-corrected chi connectivity index (χ4v) is 3.89. The molecule has 0 radical (unpaired) electrons. The van der Waals surface area contributed by atoms with E-state index in [9.17, 15) is 4.79 Å². The molecular weight excluding hydrogens is 334 g/mol. The SMILES string of the molecule is CCCCC(=N)N1CC(=O)N(C)C[C@@H]1C(c1ccccc1)c1ccccc1. The highest BCUT2D eigenvalue weighted by atomic mass is 16.2. The summed E-state index contributed by atoms with van der Waals surface area (Å²) in [6.45, 7) is 3.05. The molecule has 4 nitrogen and oxygen atoms in total. The number of piperazine rings is 1. The molecule has 0 aromatic heterocycles. The predicted molar refractivity (Wildman–Crippen MR) is 110 cm³/mol. The first kappa shape index (κ1) is 19.2. The van der Waals surface area contributed by atoms with E-state index in [1.807, 2.05) is 29.0 Å². The van der Waals surface area contributed by atoms with Gasteiger partial charge >= 0.3 is 0 Å². The van der Waals surface area contributed by atoms with Crippen LogP contribution in [0.15, 0.2) is 60.7 Å². The topological polar surface area (TPSA) is 47.4 Å². The molecule has 1 heterocycles. The monoisotopic (exact) mass is 363 g/mol. The molecule has 1 amide bonds.